The van der Waals surface area contributed by atoms with Crippen LogP contribution in [0.4, 0.5) is 13.2 Å². The Morgan fingerprint density at radius 1 is 1.06 bits per heavy atom. The second-order valence-electron chi connectivity index (χ2n) is 7.56. The molecule has 1 aromatic carbocycles. The molecule has 8 heteroatoms. The molecule has 2 aromatic heterocycles. The summed E-state index contributed by atoms with van der Waals surface area (Å²) in [5, 5.41) is 0. The number of hydrogen-bond acceptors (Lipinski definition) is 4. The van der Waals surface area contributed by atoms with Gasteiger partial charge in [0, 0.05) is 43.2 Å². The Morgan fingerprint density at radius 3 is 2.42 bits per heavy atom. The topological polar surface area (TPSA) is 59.0 Å². The molecule has 1 saturated heterocycles. The lowest BCUT2D eigenvalue weighted by molar-refractivity contribution is -0.138. The standard InChI is InChI=1S/C23H21F3N4O/c1-15-28-14-19(16-6-10-27-11-7-16)21(29-15)17-8-12-30(13-9-17)22(31)18-4-2-3-5-20(18)23(24,25)26/h2-7,10-11,14,17H,8-9,12-13H2,1H3. The number of pyridine rings is 1. The quantitative estimate of drug-likeness (QED) is 0.599. The number of aromatic nitrogens is 3. The van der Waals surface area contributed by atoms with Crippen molar-refractivity contribution in [3.05, 3.63) is 77.6 Å². The minimum absolute atomic E-state index is 0.0896. The van der Waals surface area contributed by atoms with Crippen LogP contribution in [0.3, 0.4) is 0 Å². The number of likely N-dealkylation sites (tertiary alicyclic amines) is 1. The van der Waals surface area contributed by atoms with Crippen LogP contribution in [0, 0.1) is 6.92 Å². The molecular weight excluding hydrogens is 405 g/mol. The Bertz CT molecular complexity index is 1080. The van der Waals surface area contributed by atoms with E-state index in [0.29, 0.717) is 31.8 Å². The summed E-state index contributed by atoms with van der Waals surface area (Å²) >= 11 is 0. The molecule has 0 bridgehead atoms. The van der Waals surface area contributed by atoms with Gasteiger partial charge in [0.05, 0.1) is 16.8 Å². The van der Waals surface area contributed by atoms with Crippen molar-refractivity contribution in [2.24, 2.45) is 0 Å². The van der Waals surface area contributed by atoms with Gasteiger partial charge in [0.2, 0.25) is 0 Å². The van der Waals surface area contributed by atoms with Gasteiger partial charge in [-0.2, -0.15) is 13.2 Å². The molecule has 0 saturated carbocycles. The zero-order valence-electron chi connectivity index (χ0n) is 16.9. The second kappa shape index (κ2) is 8.45. The first-order valence-corrected chi connectivity index (χ1v) is 10.0. The summed E-state index contributed by atoms with van der Waals surface area (Å²) in [5.74, 6) is 0.164. The normalized spacial score (nSPS) is 15.2. The highest BCUT2D eigenvalue weighted by molar-refractivity contribution is 5.96. The number of alkyl halides is 3. The van der Waals surface area contributed by atoms with Crippen molar-refractivity contribution in [3.63, 3.8) is 0 Å². The monoisotopic (exact) mass is 426 g/mol. The maximum atomic E-state index is 13.3. The number of halogens is 3. The minimum Gasteiger partial charge on any atom is -0.339 e. The molecular formula is C23H21F3N4O. The van der Waals surface area contributed by atoms with Crippen LogP contribution in [0.5, 0.6) is 0 Å². The number of carbonyl (C=O) groups is 1. The van der Waals surface area contributed by atoms with Gasteiger partial charge < -0.3 is 4.90 Å². The largest absolute Gasteiger partial charge is 0.417 e. The molecule has 1 aliphatic rings. The number of carbonyl (C=O) groups excluding carboxylic acids is 1. The van der Waals surface area contributed by atoms with E-state index in [9.17, 15) is 18.0 Å². The molecule has 0 radical (unpaired) electrons. The van der Waals surface area contributed by atoms with Gasteiger partial charge in [-0.05, 0) is 49.6 Å². The van der Waals surface area contributed by atoms with E-state index in [1.165, 1.54) is 23.1 Å². The van der Waals surface area contributed by atoms with Crippen LogP contribution in [-0.4, -0.2) is 38.8 Å². The molecule has 3 heterocycles. The third-order valence-electron chi connectivity index (χ3n) is 5.56. The first-order valence-electron chi connectivity index (χ1n) is 10.0. The average molecular weight is 426 g/mol. The highest BCUT2D eigenvalue weighted by atomic mass is 19.4. The van der Waals surface area contributed by atoms with Crippen LogP contribution in [-0.2, 0) is 6.18 Å². The molecule has 1 aliphatic heterocycles. The average Bonchev–Trinajstić information content (AvgIpc) is 2.79. The van der Waals surface area contributed by atoms with Gasteiger partial charge in [0.25, 0.3) is 5.91 Å². The lowest BCUT2D eigenvalue weighted by atomic mass is 9.88. The number of hydrogen-bond donors (Lipinski definition) is 0. The summed E-state index contributed by atoms with van der Waals surface area (Å²) in [4.78, 5) is 27.4. The van der Waals surface area contributed by atoms with Crippen molar-refractivity contribution in [1.82, 2.24) is 19.9 Å². The van der Waals surface area contributed by atoms with Crippen LogP contribution >= 0.6 is 0 Å². The lowest BCUT2D eigenvalue weighted by Crippen LogP contribution is -2.39. The number of aryl methyl sites for hydroxylation is 1. The SMILES string of the molecule is Cc1ncc(-c2ccncc2)c(C2CCN(C(=O)c3ccccc3C(F)(F)F)CC2)n1. The molecule has 31 heavy (non-hydrogen) atoms. The zero-order valence-corrected chi connectivity index (χ0v) is 16.9. The summed E-state index contributed by atoms with van der Waals surface area (Å²) in [7, 11) is 0. The first kappa shape index (κ1) is 21.0. The fourth-order valence-corrected chi connectivity index (χ4v) is 4.00. The van der Waals surface area contributed by atoms with Crippen LogP contribution in [0.15, 0.2) is 55.0 Å². The minimum atomic E-state index is -4.57. The van der Waals surface area contributed by atoms with E-state index in [1.54, 1.807) is 18.6 Å². The van der Waals surface area contributed by atoms with Gasteiger partial charge in [-0.15, -0.1) is 0 Å². The molecule has 0 atom stereocenters. The third kappa shape index (κ3) is 4.42. The summed E-state index contributed by atoms with van der Waals surface area (Å²) in [5.41, 5.74) is 1.58. The third-order valence-corrected chi connectivity index (χ3v) is 5.56. The molecule has 160 valence electrons. The molecule has 1 fully saturated rings. The molecule has 0 spiro atoms. The maximum Gasteiger partial charge on any atom is 0.417 e. The van der Waals surface area contributed by atoms with Gasteiger partial charge in [-0.3, -0.25) is 9.78 Å². The number of amides is 1. The fourth-order valence-electron chi connectivity index (χ4n) is 4.00. The molecule has 1 amide bonds. The van der Waals surface area contributed by atoms with Crippen molar-refractivity contribution >= 4 is 5.91 Å². The van der Waals surface area contributed by atoms with Gasteiger partial charge in [-0.25, -0.2) is 9.97 Å². The van der Waals surface area contributed by atoms with Crippen molar-refractivity contribution in [2.45, 2.75) is 31.9 Å². The predicted molar refractivity (Wildman–Crippen MR) is 109 cm³/mol. The summed E-state index contributed by atoms with van der Waals surface area (Å²) in [6, 6.07) is 8.73. The highest BCUT2D eigenvalue weighted by Crippen LogP contribution is 2.36. The molecule has 0 aliphatic carbocycles. The van der Waals surface area contributed by atoms with Gasteiger partial charge in [0.15, 0.2) is 0 Å². The van der Waals surface area contributed by atoms with Gasteiger partial charge in [0.1, 0.15) is 5.82 Å². The second-order valence-corrected chi connectivity index (χ2v) is 7.56. The Labute approximate surface area is 178 Å². The van der Waals surface area contributed by atoms with Crippen molar-refractivity contribution in [3.8, 4) is 11.1 Å². The van der Waals surface area contributed by atoms with E-state index in [0.717, 1.165) is 22.9 Å². The van der Waals surface area contributed by atoms with E-state index < -0.39 is 17.6 Å². The van der Waals surface area contributed by atoms with Crippen molar-refractivity contribution in [1.29, 1.82) is 0 Å². The van der Waals surface area contributed by atoms with Gasteiger partial charge in [-0.1, -0.05) is 12.1 Å². The molecule has 0 N–H and O–H groups in total. The Balaban J connectivity index is 1.54. The van der Waals surface area contributed by atoms with Crippen LogP contribution in [0.1, 0.15) is 46.2 Å². The summed E-state index contributed by atoms with van der Waals surface area (Å²) in [6.45, 7) is 2.57. The number of piperidine rings is 1. The van der Waals surface area contributed by atoms with E-state index in [4.69, 9.17) is 0 Å². The fraction of sp³-hybridized carbons (Fsp3) is 0.304. The smallest absolute Gasteiger partial charge is 0.339 e. The zero-order chi connectivity index (χ0) is 22.0. The molecule has 3 aromatic rings. The molecule has 4 rings (SSSR count). The first-order chi connectivity index (χ1) is 14.8. The van der Waals surface area contributed by atoms with E-state index in [1.807, 2.05) is 19.1 Å². The Morgan fingerprint density at radius 2 is 1.74 bits per heavy atom. The van der Waals surface area contributed by atoms with Crippen molar-refractivity contribution < 1.29 is 18.0 Å². The van der Waals surface area contributed by atoms with Crippen LogP contribution in [0.25, 0.3) is 11.1 Å². The van der Waals surface area contributed by atoms with E-state index in [2.05, 4.69) is 15.0 Å². The van der Waals surface area contributed by atoms with E-state index >= 15 is 0 Å². The lowest BCUT2D eigenvalue weighted by Gasteiger charge is -2.33. The molecule has 5 nitrogen and oxygen atoms in total. The van der Waals surface area contributed by atoms with Crippen molar-refractivity contribution in [2.75, 3.05) is 13.1 Å². The van der Waals surface area contributed by atoms with E-state index in [-0.39, 0.29) is 11.5 Å². The van der Waals surface area contributed by atoms with Gasteiger partial charge >= 0.3 is 6.18 Å². The highest BCUT2D eigenvalue weighted by Gasteiger charge is 2.36. The van der Waals surface area contributed by atoms with Crippen LogP contribution < -0.4 is 0 Å². The summed E-state index contributed by atoms with van der Waals surface area (Å²) in [6.07, 6.45) is 1.88. The maximum absolute atomic E-state index is 13.3. The Hall–Kier alpha value is -3.29. The number of nitrogens with zero attached hydrogens (tertiary/aromatic N) is 4. The number of rotatable bonds is 3. The summed E-state index contributed by atoms with van der Waals surface area (Å²) < 4.78 is 39.9. The van der Waals surface area contributed by atoms with Crippen LogP contribution in [0.2, 0.25) is 0 Å². The Kier molecular flexibility index (Phi) is 5.71. The predicted octanol–water partition coefficient (Wildman–Crippen LogP) is 4.89. The molecule has 0 unspecified atom stereocenters. The number of benzene rings is 1.